The van der Waals surface area contributed by atoms with Crippen LogP contribution in [0.25, 0.3) is 0 Å². The molecule has 2 rings (SSSR count). The molecule has 86 valence electrons. The summed E-state index contributed by atoms with van der Waals surface area (Å²) in [6.07, 6.45) is 2.34. The van der Waals surface area contributed by atoms with Crippen LogP contribution in [0.5, 0.6) is 0 Å². The van der Waals surface area contributed by atoms with Crippen molar-refractivity contribution in [1.29, 1.82) is 0 Å². The highest BCUT2D eigenvalue weighted by atomic mass is 16.6. The Morgan fingerprint density at radius 3 is 2.62 bits per heavy atom. The molecule has 0 heterocycles. The molecule has 0 amide bonds. The number of nitrogens with zero attached hydrogens (tertiary/aromatic N) is 2. The number of non-ortho nitro benzene ring substituents is 1. The van der Waals surface area contributed by atoms with Gasteiger partial charge in [-0.1, -0.05) is 6.07 Å². The highest BCUT2D eigenvalue weighted by Gasteiger charge is 2.27. The van der Waals surface area contributed by atoms with Crippen LogP contribution in [-0.2, 0) is 6.54 Å². The number of nitro groups is 1. The van der Waals surface area contributed by atoms with E-state index in [1.807, 2.05) is 20.2 Å². The molecule has 4 nitrogen and oxygen atoms in total. The normalized spacial score (nSPS) is 15.4. The van der Waals surface area contributed by atoms with Crippen molar-refractivity contribution in [3.8, 4) is 0 Å². The predicted octanol–water partition coefficient (Wildman–Crippen LogP) is 2.53. The molecule has 0 N–H and O–H groups in total. The Bertz CT molecular complexity index is 411. The maximum Gasteiger partial charge on any atom is 0.269 e. The lowest BCUT2D eigenvalue weighted by Gasteiger charge is -2.13. The molecule has 0 radical (unpaired) electrons. The SMILES string of the molecule is CN(C)Cc1ccc([N+](=O)[O-])cc1C1CC1. The Kier molecular flexibility index (Phi) is 2.92. The maximum absolute atomic E-state index is 10.7. The van der Waals surface area contributed by atoms with Gasteiger partial charge in [-0.3, -0.25) is 10.1 Å². The van der Waals surface area contributed by atoms with Crippen molar-refractivity contribution in [1.82, 2.24) is 4.90 Å². The summed E-state index contributed by atoms with van der Waals surface area (Å²) in [7, 11) is 4.02. The molecule has 0 saturated heterocycles. The monoisotopic (exact) mass is 220 g/mol. The second-order valence-electron chi connectivity index (χ2n) is 4.65. The van der Waals surface area contributed by atoms with Crippen molar-refractivity contribution in [2.75, 3.05) is 14.1 Å². The highest BCUT2D eigenvalue weighted by Crippen LogP contribution is 2.43. The molecule has 4 heteroatoms. The van der Waals surface area contributed by atoms with E-state index in [9.17, 15) is 10.1 Å². The fourth-order valence-corrected chi connectivity index (χ4v) is 1.95. The van der Waals surface area contributed by atoms with Gasteiger partial charge in [0, 0.05) is 18.7 Å². The molecule has 0 aliphatic heterocycles. The molecule has 1 saturated carbocycles. The summed E-state index contributed by atoms with van der Waals surface area (Å²) in [5, 5.41) is 10.7. The molecule has 0 spiro atoms. The van der Waals surface area contributed by atoms with E-state index in [0.717, 1.165) is 6.54 Å². The van der Waals surface area contributed by atoms with Crippen LogP contribution >= 0.6 is 0 Å². The summed E-state index contributed by atoms with van der Waals surface area (Å²) >= 11 is 0. The smallest absolute Gasteiger partial charge is 0.269 e. The van der Waals surface area contributed by atoms with Gasteiger partial charge in [-0.2, -0.15) is 0 Å². The van der Waals surface area contributed by atoms with Crippen molar-refractivity contribution in [2.45, 2.75) is 25.3 Å². The van der Waals surface area contributed by atoms with Crippen LogP contribution in [0.4, 0.5) is 5.69 Å². The number of hydrogen-bond acceptors (Lipinski definition) is 3. The third-order valence-electron chi connectivity index (χ3n) is 2.84. The van der Waals surface area contributed by atoms with E-state index >= 15 is 0 Å². The largest absolute Gasteiger partial charge is 0.305 e. The van der Waals surface area contributed by atoms with E-state index < -0.39 is 0 Å². The molecule has 1 fully saturated rings. The lowest BCUT2D eigenvalue weighted by Crippen LogP contribution is -2.12. The molecule has 16 heavy (non-hydrogen) atoms. The minimum atomic E-state index is -0.314. The van der Waals surface area contributed by atoms with Crippen molar-refractivity contribution < 1.29 is 4.92 Å². The summed E-state index contributed by atoms with van der Waals surface area (Å²) < 4.78 is 0. The van der Waals surface area contributed by atoms with E-state index in [-0.39, 0.29) is 10.6 Å². The second-order valence-corrected chi connectivity index (χ2v) is 4.65. The molecule has 1 aliphatic carbocycles. The molecule has 0 aromatic heterocycles. The summed E-state index contributed by atoms with van der Waals surface area (Å²) in [6, 6.07) is 5.24. The van der Waals surface area contributed by atoms with Crippen LogP contribution in [0, 0.1) is 10.1 Å². The third kappa shape index (κ3) is 2.39. The molecular weight excluding hydrogens is 204 g/mol. The number of rotatable bonds is 4. The Morgan fingerprint density at radius 1 is 1.44 bits per heavy atom. The van der Waals surface area contributed by atoms with E-state index in [1.165, 1.54) is 24.0 Å². The first-order valence-electron chi connectivity index (χ1n) is 5.50. The zero-order valence-electron chi connectivity index (χ0n) is 9.64. The van der Waals surface area contributed by atoms with Crippen LogP contribution in [0.2, 0.25) is 0 Å². The topological polar surface area (TPSA) is 46.4 Å². The van der Waals surface area contributed by atoms with Crippen LogP contribution in [0.3, 0.4) is 0 Å². The number of benzene rings is 1. The van der Waals surface area contributed by atoms with Crippen LogP contribution < -0.4 is 0 Å². The van der Waals surface area contributed by atoms with Crippen LogP contribution in [0.1, 0.15) is 29.9 Å². The van der Waals surface area contributed by atoms with Crippen molar-refractivity contribution in [3.63, 3.8) is 0 Å². The van der Waals surface area contributed by atoms with Gasteiger partial charge in [0.25, 0.3) is 5.69 Å². The zero-order chi connectivity index (χ0) is 11.7. The van der Waals surface area contributed by atoms with E-state index in [1.54, 1.807) is 12.1 Å². The van der Waals surface area contributed by atoms with E-state index in [0.29, 0.717) is 5.92 Å². The average molecular weight is 220 g/mol. The molecule has 0 unspecified atom stereocenters. The number of nitro benzene ring substituents is 1. The summed E-state index contributed by atoms with van der Waals surface area (Å²) in [5.74, 6) is 0.551. The Hall–Kier alpha value is -1.42. The Morgan fingerprint density at radius 2 is 2.12 bits per heavy atom. The molecule has 1 aromatic carbocycles. The van der Waals surface area contributed by atoms with Gasteiger partial charge in [0.15, 0.2) is 0 Å². The maximum atomic E-state index is 10.7. The van der Waals surface area contributed by atoms with Gasteiger partial charge in [-0.05, 0) is 44.0 Å². The Labute approximate surface area is 95.0 Å². The average Bonchev–Trinajstić information content (AvgIpc) is 3.00. The molecule has 0 atom stereocenters. The summed E-state index contributed by atoms with van der Waals surface area (Å²) in [4.78, 5) is 12.5. The Balaban J connectivity index is 2.33. The van der Waals surface area contributed by atoms with Gasteiger partial charge in [-0.15, -0.1) is 0 Å². The van der Waals surface area contributed by atoms with Gasteiger partial charge in [0.1, 0.15) is 0 Å². The van der Waals surface area contributed by atoms with E-state index in [2.05, 4.69) is 4.90 Å². The zero-order valence-corrected chi connectivity index (χ0v) is 9.64. The highest BCUT2D eigenvalue weighted by molar-refractivity contribution is 5.43. The van der Waals surface area contributed by atoms with E-state index in [4.69, 9.17) is 0 Å². The minimum Gasteiger partial charge on any atom is -0.305 e. The van der Waals surface area contributed by atoms with Crippen molar-refractivity contribution >= 4 is 5.69 Å². The van der Waals surface area contributed by atoms with Crippen LogP contribution in [-0.4, -0.2) is 23.9 Å². The fraction of sp³-hybridized carbons (Fsp3) is 0.500. The van der Waals surface area contributed by atoms with Gasteiger partial charge in [0.2, 0.25) is 0 Å². The molecular formula is C12H16N2O2. The molecule has 1 aromatic rings. The lowest BCUT2D eigenvalue weighted by atomic mass is 10.0. The first-order valence-corrected chi connectivity index (χ1v) is 5.50. The van der Waals surface area contributed by atoms with Gasteiger partial charge in [-0.25, -0.2) is 0 Å². The van der Waals surface area contributed by atoms with Crippen molar-refractivity contribution in [2.24, 2.45) is 0 Å². The summed E-state index contributed by atoms with van der Waals surface area (Å²) in [5.41, 5.74) is 2.60. The predicted molar refractivity (Wildman–Crippen MR) is 62.5 cm³/mol. The quantitative estimate of drug-likeness (QED) is 0.578. The van der Waals surface area contributed by atoms with Gasteiger partial charge < -0.3 is 4.90 Å². The minimum absolute atomic E-state index is 0.212. The van der Waals surface area contributed by atoms with Crippen LogP contribution in [0.15, 0.2) is 18.2 Å². The lowest BCUT2D eigenvalue weighted by molar-refractivity contribution is -0.384. The standard InChI is InChI=1S/C12H16N2O2/c1-13(2)8-10-5-6-11(14(15)16)7-12(10)9-3-4-9/h5-7,9H,3-4,8H2,1-2H3. The first-order chi connectivity index (χ1) is 7.58. The number of hydrogen-bond donors (Lipinski definition) is 0. The second kappa shape index (κ2) is 4.22. The van der Waals surface area contributed by atoms with Gasteiger partial charge >= 0.3 is 0 Å². The molecule has 0 bridgehead atoms. The first kappa shape index (κ1) is 11.1. The summed E-state index contributed by atoms with van der Waals surface area (Å²) in [6.45, 7) is 0.851. The fourth-order valence-electron chi connectivity index (χ4n) is 1.95. The molecule has 1 aliphatic rings. The van der Waals surface area contributed by atoms with Crippen molar-refractivity contribution in [3.05, 3.63) is 39.4 Å². The van der Waals surface area contributed by atoms with Gasteiger partial charge in [0.05, 0.1) is 4.92 Å². The third-order valence-corrected chi connectivity index (χ3v) is 2.84.